The fourth-order valence-electron chi connectivity index (χ4n) is 4.55. The van der Waals surface area contributed by atoms with E-state index in [1.807, 2.05) is 0 Å². The van der Waals surface area contributed by atoms with Gasteiger partial charge in [0.05, 0.1) is 0 Å². The number of benzene rings is 2. The molecule has 3 aliphatic carbocycles. The number of hydrogen-bond acceptors (Lipinski definition) is 0. The van der Waals surface area contributed by atoms with Crippen LogP contribution in [-0.4, -0.2) is 0 Å². The fourth-order valence-corrected chi connectivity index (χ4v) is 4.55. The highest BCUT2D eigenvalue weighted by atomic mass is 14.3. The van der Waals surface area contributed by atoms with Gasteiger partial charge in [-0.15, -0.1) is 0 Å². The SMILES string of the molecule is CC(C)C1C=Cc2cc(C3=CC4=C(C3)Cc3ccccc34)ccc21. The maximum Gasteiger partial charge on any atom is 0.00502 e. The van der Waals surface area contributed by atoms with E-state index in [1.165, 1.54) is 39.0 Å². The first-order chi connectivity index (χ1) is 11.7. The summed E-state index contributed by atoms with van der Waals surface area (Å²) < 4.78 is 0. The van der Waals surface area contributed by atoms with Crippen molar-refractivity contribution in [2.45, 2.75) is 32.6 Å². The average molecular weight is 310 g/mol. The zero-order valence-corrected chi connectivity index (χ0v) is 14.3. The molecule has 0 bridgehead atoms. The summed E-state index contributed by atoms with van der Waals surface area (Å²) >= 11 is 0. The molecule has 0 N–H and O–H groups in total. The maximum absolute atomic E-state index is 2.43. The van der Waals surface area contributed by atoms with Crippen molar-refractivity contribution in [3.05, 3.63) is 88.0 Å². The van der Waals surface area contributed by atoms with Crippen molar-refractivity contribution in [2.75, 3.05) is 0 Å². The summed E-state index contributed by atoms with van der Waals surface area (Å²) in [6, 6.07) is 15.9. The summed E-state index contributed by atoms with van der Waals surface area (Å²) in [5, 5.41) is 0. The first kappa shape index (κ1) is 14.0. The topological polar surface area (TPSA) is 0 Å². The van der Waals surface area contributed by atoms with E-state index in [0.717, 1.165) is 12.8 Å². The van der Waals surface area contributed by atoms with Crippen LogP contribution in [0.4, 0.5) is 0 Å². The van der Waals surface area contributed by atoms with Crippen LogP contribution >= 0.6 is 0 Å². The lowest BCUT2D eigenvalue weighted by molar-refractivity contribution is 0.584. The van der Waals surface area contributed by atoms with Crippen LogP contribution in [0.5, 0.6) is 0 Å². The third-order valence-corrected chi connectivity index (χ3v) is 5.83. The Morgan fingerprint density at radius 1 is 1.00 bits per heavy atom. The van der Waals surface area contributed by atoms with Gasteiger partial charge in [0.1, 0.15) is 0 Å². The first-order valence-electron chi connectivity index (χ1n) is 9.04. The molecule has 0 fully saturated rings. The van der Waals surface area contributed by atoms with E-state index >= 15 is 0 Å². The molecule has 0 saturated heterocycles. The molecule has 3 aliphatic rings. The molecule has 0 aliphatic heterocycles. The Balaban J connectivity index is 1.49. The van der Waals surface area contributed by atoms with Crippen molar-refractivity contribution < 1.29 is 0 Å². The van der Waals surface area contributed by atoms with Crippen LogP contribution in [0.2, 0.25) is 0 Å². The minimum atomic E-state index is 0.585. The van der Waals surface area contributed by atoms with Crippen molar-refractivity contribution in [1.29, 1.82) is 0 Å². The Bertz CT molecular complexity index is 934. The smallest absolute Gasteiger partial charge is 0.00502 e. The van der Waals surface area contributed by atoms with Crippen LogP contribution in [0.3, 0.4) is 0 Å². The second kappa shape index (κ2) is 5.08. The van der Waals surface area contributed by atoms with Crippen molar-refractivity contribution in [3.63, 3.8) is 0 Å². The first-order valence-corrected chi connectivity index (χ1v) is 9.04. The highest BCUT2D eigenvalue weighted by Crippen LogP contribution is 2.45. The molecule has 0 heterocycles. The molecule has 24 heavy (non-hydrogen) atoms. The Hall–Kier alpha value is -2.34. The van der Waals surface area contributed by atoms with Gasteiger partial charge in [-0.1, -0.05) is 74.0 Å². The lowest BCUT2D eigenvalue weighted by Crippen LogP contribution is -2.01. The zero-order valence-electron chi connectivity index (χ0n) is 14.3. The largest absolute Gasteiger partial charge is 0.0761 e. The van der Waals surface area contributed by atoms with Gasteiger partial charge >= 0.3 is 0 Å². The average Bonchev–Trinajstić information content (AvgIpc) is 3.26. The molecule has 118 valence electrons. The Labute approximate surface area is 144 Å². The van der Waals surface area contributed by atoms with E-state index in [2.05, 4.69) is 74.5 Å². The molecular formula is C24H22. The predicted octanol–water partition coefficient (Wildman–Crippen LogP) is 6.25. The fraction of sp³-hybridized carbons (Fsp3) is 0.250. The van der Waals surface area contributed by atoms with E-state index in [9.17, 15) is 0 Å². The van der Waals surface area contributed by atoms with Gasteiger partial charge in [-0.2, -0.15) is 0 Å². The van der Waals surface area contributed by atoms with Gasteiger partial charge in [-0.3, -0.25) is 0 Å². The third kappa shape index (κ3) is 1.99. The van der Waals surface area contributed by atoms with Crippen LogP contribution in [-0.2, 0) is 6.42 Å². The van der Waals surface area contributed by atoms with Crippen molar-refractivity contribution in [1.82, 2.24) is 0 Å². The Morgan fingerprint density at radius 2 is 1.88 bits per heavy atom. The molecule has 1 unspecified atom stereocenters. The number of fused-ring (bicyclic) bond motifs is 3. The van der Waals surface area contributed by atoms with Gasteiger partial charge in [0.15, 0.2) is 0 Å². The molecule has 0 nitrogen and oxygen atoms in total. The van der Waals surface area contributed by atoms with E-state index in [-0.39, 0.29) is 0 Å². The van der Waals surface area contributed by atoms with Gasteiger partial charge < -0.3 is 0 Å². The highest BCUT2D eigenvalue weighted by molar-refractivity contribution is 5.95. The standard InChI is InChI=1S/C24H22/c1-15(2)21-9-8-18-11-16(7-10-23(18)21)19-13-20-12-17-5-3-4-6-22(17)24(20)14-19/h3-11,14-15,21H,12-13H2,1-2H3. The minimum Gasteiger partial charge on any atom is -0.0761 e. The van der Waals surface area contributed by atoms with Gasteiger partial charge in [0.2, 0.25) is 0 Å². The van der Waals surface area contributed by atoms with Crippen molar-refractivity contribution in [2.24, 2.45) is 5.92 Å². The molecule has 2 aromatic carbocycles. The lowest BCUT2D eigenvalue weighted by Gasteiger charge is -2.16. The maximum atomic E-state index is 2.43. The second-order valence-corrected chi connectivity index (χ2v) is 7.67. The molecule has 0 saturated carbocycles. The molecule has 0 radical (unpaired) electrons. The molecular weight excluding hydrogens is 288 g/mol. The Morgan fingerprint density at radius 3 is 2.75 bits per heavy atom. The summed E-state index contributed by atoms with van der Waals surface area (Å²) in [6.45, 7) is 4.62. The summed E-state index contributed by atoms with van der Waals surface area (Å²) in [5.41, 5.74) is 11.8. The van der Waals surface area contributed by atoms with Crippen LogP contribution in [0, 0.1) is 5.92 Å². The van der Waals surface area contributed by atoms with Crippen LogP contribution in [0.25, 0.3) is 17.2 Å². The summed E-state index contributed by atoms with van der Waals surface area (Å²) in [6.07, 6.45) is 9.36. The highest BCUT2D eigenvalue weighted by Gasteiger charge is 2.26. The quantitative estimate of drug-likeness (QED) is 0.615. The molecule has 5 rings (SSSR count). The van der Waals surface area contributed by atoms with Gasteiger partial charge in [0.25, 0.3) is 0 Å². The van der Waals surface area contributed by atoms with E-state index in [4.69, 9.17) is 0 Å². The van der Waals surface area contributed by atoms with Crippen LogP contribution in [0.15, 0.2) is 60.2 Å². The predicted molar refractivity (Wildman–Crippen MR) is 103 cm³/mol. The van der Waals surface area contributed by atoms with Crippen LogP contribution in [0.1, 0.15) is 54.0 Å². The zero-order chi connectivity index (χ0) is 16.3. The molecule has 2 aromatic rings. The second-order valence-electron chi connectivity index (χ2n) is 7.67. The lowest BCUT2D eigenvalue weighted by atomic mass is 9.89. The third-order valence-electron chi connectivity index (χ3n) is 5.83. The van der Waals surface area contributed by atoms with E-state index in [0.29, 0.717) is 11.8 Å². The number of hydrogen-bond donors (Lipinski definition) is 0. The van der Waals surface area contributed by atoms with Crippen molar-refractivity contribution in [3.8, 4) is 0 Å². The number of allylic oxidation sites excluding steroid dienone is 5. The minimum absolute atomic E-state index is 0.585. The number of rotatable bonds is 2. The van der Waals surface area contributed by atoms with Gasteiger partial charge in [-0.05, 0) is 63.8 Å². The molecule has 0 heteroatoms. The van der Waals surface area contributed by atoms with Gasteiger partial charge in [-0.25, -0.2) is 0 Å². The molecule has 0 spiro atoms. The van der Waals surface area contributed by atoms with Crippen molar-refractivity contribution >= 4 is 17.2 Å². The normalized spacial score (nSPS) is 20.5. The summed E-state index contributed by atoms with van der Waals surface area (Å²) in [4.78, 5) is 0. The van der Waals surface area contributed by atoms with Crippen LogP contribution < -0.4 is 0 Å². The van der Waals surface area contributed by atoms with Gasteiger partial charge in [0, 0.05) is 5.92 Å². The molecule has 0 aromatic heterocycles. The van der Waals surface area contributed by atoms with E-state index < -0.39 is 0 Å². The summed E-state index contributed by atoms with van der Waals surface area (Å²) in [5.74, 6) is 1.25. The molecule has 0 amide bonds. The van der Waals surface area contributed by atoms with E-state index in [1.54, 1.807) is 5.57 Å². The summed E-state index contributed by atoms with van der Waals surface area (Å²) in [7, 11) is 0. The monoisotopic (exact) mass is 310 g/mol. The molecule has 1 atom stereocenters. The Kier molecular flexibility index (Phi) is 2.97.